The molecule has 2 aromatic carbocycles. The fraction of sp³-hybridized carbons (Fsp3) is 0.222. The summed E-state index contributed by atoms with van der Waals surface area (Å²) in [7, 11) is 0. The molecule has 0 aliphatic rings. The zero-order valence-corrected chi connectivity index (χ0v) is 16.6. The molecule has 0 radical (unpaired) electrons. The first-order chi connectivity index (χ1) is 12.2. The van der Waals surface area contributed by atoms with Crippen LogP contribution in [0.5, 0.6) is 17.2 Å². The van der Waals surface area contributed by atoms with Crippen LogP contribution in [-0.2, 0) is 9.59 Å². The lowest BCUT2D eigenvalue weighted by Gasteiger charge is -2.14. The third-order valence-electron chi connectivity index (χ3n) is 3.27. The van der Waals surface area contributed by atoms with Crippen molar-refractivity contribution in [2.45, 2.75) is 19.8 Å². The van der Waals surface area contributed by atoms with Gasteiger partial charge < -0.3 is 9.47 Å². The summed E-state index contributed by atoms with van der Waals surface area (Å²) >= 11 is 23.3. The summed E-state index contributed by atoms with van der Waals surface area (Å²) in [5.41, 5.74) is 0. The van der Waals surface area contributed by atoms with E-state index in [1.165, 1.54) is 12.1 Å². The summed E-state index contributed by atoms with van der Waals surface area (Å²) in [6.07, 6.45) is 0.0993. The molecule has 2 rings (SSSR count). The molecule has 0 spiro atoms. The molecule has 8 heteroatoms. The van der Waals surface area contributed by atoms with E-state index in [1.54, 1.807) is 31.2 Å². The number of carbonyl (C=O) groups excluding carboxylic acids is 2. The van der Waals surface area contributed by atoms with E-state index in [2.05, 4.69) is 0 Å². The number of hydrogen-bond donors (Lipinski definition) is 0. The maximum atomic E-state index is 12.1. The molecule has 0 fully saturated rings. The standard InChI is InChI=1S/C18H14Cl4O4/c1-10(6-17(22)23)7-18(24)26-16-9-12(20)3-5-15(16)25-14-4-2-11(19)8-13(14)21/h2-5,8-10H,6-7H2,1H3. The van der Waals surface area contributed by atoms with Crippen LogP contribution in [0.25, 0.3) is 0 Å². The summed E-state index contributed by atoms with van der Waals surface area (Å²) < 4.78 is 11.1. The van der Waals surface area contributed by atoms with Gasteiger partial charge >= 0.3 is 5.97 Å². The predicted molar refractivity (Wildman–Crippen MR) is 103 cm³/mol. The van der Waals surface area contributed by atoms with Crippen LogP contribution in [0, 0.1) is 5.92 Å². The van der Waals surface area contributed by atoms with Gasteiger partial charge in [-0.3, -0.25) is 9.59 Å². The molecule has 0 aliphatic carbocycles. The van der Waals surface area contributed by atoms with Crippen LogP contribution in [0.4, 0.5) is 0 Å². The third-order valence-corrected chi connectivity index (χ3v) is 4.19. The van der Waals surface area contributed by atoms with Gasteiger partial charge in [-0.25, -0.2) is 0 Å². The molecule has 26 heavy (non-hydrogen) atoms. The largest absolute Gasteiger partial charge is 0.452 e. The van der Waals surface area contributed by atoms with Crippen molar-refractivity contribution in [3.8, 4) is 17.2 Å². The number of hydrogen-bond acceptors (Lipinski definition) is 4. The van der Waals surface area contributed by atoms with Crippen molar-refractivity contribution in [1.82, 2.24) is 0 Å². The van der Waals surface area contributed by atoms with Crippen molar-refractivity contribution in [2.75, 3.05) is 0 Å². The van der Waals surface area contributed by atoms with Gasteiger partial charge in [0.15, 0.2) is 11.5 Å². The average Bonchev–Trinajstić information content (AvgIpc) is 2.51. The number of benzene rings is 2. The van der Waals surface area contributed by atoms with E-state index in [9.17, 15) is 9.59 Å². The van der Waals surface area contributed by atoms with Gasteiger partial charge in [-0.2, -0.15) is 0 Å². The zero-order chi connectivity index (χ0) is 19.3. The second-order valence-corrected chi connectivity index (χ2v) is 7.31. The highest BCUT2D eigenvalue weighted by Crippen LogP contribution is 2.37. The number of carbonyl (C=O) groups is 2. The molecule has 0 heterocycles. The first-order valence-electron chi connectivity index (χ1n) is 7.56. The van der Waals surface area contributed by atoms with Crippen molar-refractivity contribution in [2.24, 2.45) is 5.92 Å². The van der Waals surface area contributed by atoms with Crippen LogP contribution in [0.1, 0.15) is 19.8 Å². The SMILES string of the molecule is CC(CC(=O)Cl)CC(=O)Oc1cc(Cl)ccc1Oc1ccc(Cl)cc1Cl. The average molecular weight is 436 g/mol. The summed E-state index contributed by atoms with van der Waals surface area (Å²) in [6.45, 7) is 1.73. The van der Waals surface area contributed by atoms with E-state index in [4.69, 9.17) is 55.9 Å². The molecular formula is C18H14Cl4O4. The monoisotopic (exact) mass is 434 g/mol. The van der Waals surface area contributed by atoms with Crippen LogP contribution in [0.15, 0.2) is 36.4 Å². The molecule has 0 N–H and O–H groups in total. The van der Waals surface area contributed by atoms with E-state index < -0.39 is 11.2 Å². The fourth-order valence-electron chi connectivity index (χ4n) is 2.12. The smallest absolute Gasteiger partial charge is 0.311 e. The highest BCUT2D eigenvalue weighted by molar-refractivity contribution is 6.63. The van der Waals surface area contributed by atoms with Gasteiger partial charge in [0.25, 0.3) is 0 Å². The molecule has 4 nitrogen and oxygen atoms in total. The zero-order valence-electron chi connectivity index (χ0n) is 13.6. The molecule has 0 bridgehead atoms. The Kier molecular flexibility index (Phi) is 7.59. The second kappa shape index (κ2) is 9.47. The summed E-state index contributed by atoms with van der Waals surface area (Å²) in [5, 5.41) is 0.632. The molecule has 0 amide bonds. The summed E-state index contributed by atoms with van der Waals surface area (Å²) in [4.78, 5) is 23.0. The highest BCUT2D eigenvalue weighted by Gasteiger charge is 2.17. The molecule has 2 aromatic rings. The highest BCUT2D eigenvalue weighted by atomic mass is 35.5. The number of ether oxygens (including phenoxy) is 2. The van der Waals surface area contributed by atoms with E-state index in [0.717, 1.165) is 0 Å². The van der Waals surface area contributed by atoms with Crippen molar-refractivity contribution >= 4 is 57.6 Å². The first kappa shape index (κ1) is 20.8. The molecule has 0 aliphatic heterocycles. The van der Waals surface area contributed by atoms with Gasteiger partial charge in [0.1, 0.15) is 5.75 Å². The van der Waals surface area contributed by atoms with Crippen molar-refractivity contribution in [3.05, 3.63) is 51.5 Å². The summed E-state index contributed by atoms with van der Waals surface area (Å²) in [6, 6.07) is 9.35. The lowest BCUT2D eigenvalue weighted by Crippen LogP contribution is -2.14. The van der Waals surface area contributed by atoms with Gasteiger partial charge in [0.2, 0.25) is 5.24 Å². The lowest BCUT2D eigenvalue weighted by molar-refractivity contribution is -0.135. The van der Waals surface area contributed by atoms with Crippen LogP contribution in [-0.4, -0.2) is 11.2 Å². The minimum Gasteiger partial charge on any atom is -0.452 e. The van der Waals surface area contributed by atoms with Crippen LogP contribution in [0.3, 0.4) is 0 Å². The first-order valence-corrected chi connectivity index (χ1v) is 9.07. The maximum absolute atomic E-state index is 12.1. The van der Waals surface area contributed by atoms with Crippen LogP contribution < -0.4 is 9.47 Å². The molecule has 1 unspecified atom stereocenters. The Bertz CT molecular complexity index is 823. The Morgan fingerprint density at radius 3 is 2.15 bits per heavy atom. The number of esters is 1. The maximum Gasteiger partial charge on any atom is 0.311 e. The Morgan fingerprint density at radius 2 is 1.54 bits per heavy atom. The third kappa shape index (κ3) is 6.36. The quantitative estimate of drug-likeness (QED) is 0.282. The molecule has 0 aromatic heterocycles. The Labute approximate surface area is 170 Å². The van der Waals surface area contributed by atoms with Gasteiger partial charge in [-0.05, 0) is 47.9 Å². The van der Waals surface area contributed by atoms with Crippen LogP contribution in [0.2, 0.25) is 15.1 Å². The van der Waals surface area contributed by atoms with Crippen molar-refractivity contribution in [3.63, 3.8) is 0 Å². The molecule has 0 saturated heterocycles. The molecule has 1 atom stereocenters. The normalized spacial score (nSPS) is 11.7. The Morgan fingerprint density at radius 1 is 0.923 bits per heavy atom. The Hall–Kier alpha value is -1.46. The minimum atomic E-state index is -0.537. The van der Waals surface area contributed by atoms with Crippen molar-refractivity contribution in [1.29, 1.82) is 0 Å². The molecule has 138 valence electrons. The van der Waals surface area contributed by atoms with E-state index in [0.29, 0.717) is 20.8 Å². The van der Waals surface area contributed by atoms with Gasteiger partial charge in [0, 0.05) is 29.0 Å². The second-order valence-electron chi connectivity index (χ2n) is 5.61. The van der Waals surface area contributed by atoms with Crippen LogP contribution >= 0.6 is 46.4 Å². The number of halogens is 4. The lowest BCUT2D eigenvalue weighted by atomic mass is 10.1. The molecule has 0 saturated carbocycles. The van der Waals surface area contributed by atoms with Gasteiger partial charge in [0.05, 0.1) is 5.02 Å². The van der Waals surface area contributed by atoms with Gasteiger partial charge in [-0.1, -0.05) is 41.7 Å². The minimum absolute atomic E-state index is 0.0200. The van der Waals surface area contributed by atoms with E-state index in [-0.39, 0.29) is 30.3 Å². The summed E-state index contributed by atoms with van der Waals surface area (Å²) in [5.74, 6) is -0.0470. The van der Waals surface area contributed by atoms with E-state index >= 15 is 0 Å². The number of rotatable bonds is 7. The topological polar surface area (TPSA) is 52.6 Å². The fourth-order valence-corrected chi connectivity index (χ4v) is 2.99. The van der Waals surface area contributed by atoms with Gasteiger partial charge in [-0.15, -0.1) is 0 Å². The van der Waals surface area contributed by atoms with E-state index in [1.807, 2.05) is 0 Å². The molecular weight excluding hydrogens is 422 g/mol. The Balaban J connectivity index is 2.16. The van der Waals surface area contributed by atoms with Crippen molar-refractivity contribution < 1.29 is 19.1 Å². The predicted octanol–water partition coefficient (Wildman–Crippen LogP) is 6.53.